The Morgan fingerprint density at radius 1 is 1.05 bits per heavy atom. The van der Waals surface area contributed by atoms with Crippen LogP contribution in [0.1, 0.15) is 6.92 Å². The molecule has 2 aromatic rings. The Bertz CT molecular complexity index is 737. The van der Waals surface area contributed by atoms with Gasteiger partial charge < -0.3 is 5.11 Å². The van der Waals surface area contributed by atoms with Crippen molar-refractivity contribution in [2.24, 2.45) is 5.92 Å². The van der Waals surface area contributed by atoms with Crippen molar-refractivity contribution >= 4 is 27.6 Å². The lowest BCUT2D eigenvalue weighted by atomic mass is 10.2. The maximum atomic E-state index is 12.1. The number of hydrogen-bond donors (Lipinski definition) is 1. The summed E-state index contributed by atoms with van der Waals surface area (Å²) in [7, 11) is -3.58. The third kappa shape index (κ3) is 4.35. The maximum Gasteiger partial charge on any atom is 0.307 e. The highest BCUT2D eigenvalue weighted by molar-refractivity contribution is 7.99. The van der Waals surface area contributed by atoms with E-state index < -0.39 is 27.5 Å². The second kappa shape index (κ2) is 6.98. The van der Waals surface area contributed by atoms with Crippen LogP contribution in [-0.2, 0) is 14.6 Å². The Morgan fingerprint density at radius 3 is 2.14 bits per heavy atom. The summed E-state index contributed by atoms with van der Waals surface area (Å²) < 4.78 is 24.3. The molecule has 22 heavy (non-hydrogen) atoms. The highest BCUT2D eigenvalue weighted by atomic mass is 32.2. The van der Waals surface area contributed by atoms with Crippen molar-refractivity contribution in [3.05, 3.63) is 54.6 Å². The van der Waals surface area contributed by atoms with E-state index in [4.69, 9.17) is 5.11 Å². The van der Waals surface area contributed by atoms with Crippen LogP contribution in [0.25, 0.3) is 0 Å². The molecule has 0 spiro atoms. The zero-order valence-corrected chi connectivity index (χ0v) is 13.6. The number of hydrogen-bond acceptors (Lipinski definition) is 4. The van der Waals surface area contributed by atoms with Crippen molar-refractivity contribution in [1.29, 1.82) is 0 Å². The van der Waals surface area contributed by atoms with Gasteiger partial charge >= 0.3 is 5.97 Å². The fraction of sp³-hybridized carbons (Fsp3) is 0.188. The number of aliphatic carboxylic acids is 1. The predicted molar refractivity (Wildman–Crippen MR) is 85.9 cm³/mol. The first-order valence-corrected chi connectivity index (χ1v) is 9.14. The molecule has 0 amide bonds. The summed E-state index contributed by atoms with van der Waals surface area (Å²) in [5.74, 6) is -2.43. The minimum Gasteiger partial charge on any atom is -0.481 e. The number of carboxylic acids is 1. The van der Waals surface area contributed by atoms with Gasteiger partial charge in [-0.15, -0.1) is 0 Å². The zero-order chi connectivity index (χ0) is 16.2. The quantitative estimate of drug-likeness (QED) is 0.876. The molecule has 0 saturated carbocycles. The average Bonchev–Trinajstić information content (AvgIpc) is 2.48. The molecular formula is C16H16O4S2. The first-order valence-electron chi connectivity index (χ1n) is 6.67. The topological polar surface area (TPSA) is 71.4 Å². The van der Waals surface area contributed by atoms with Gasteiger partial charge in [-0.3, -0.25) is 4.79 Å². The van der Waals surface area contributed by atoms with Gasteiger partial charge in [-0.25, -0.2) is 8.42 Å². The van der Waals surface area contributed by atoms with Gasteiger partial charge in [-0.2, -0.15) is 0 Å². The lowest BCUT2D eigenvalue weighted by Crippen LogP contribution is -2.21. The zero-order valence-electron chi connectivity index (χ0n) is 12.0. The number of rotatable bonds is 6. The molecule has 2 aromatic carbocycles. The smallest absolute Gasteiger partial charge is 0.307 e. The lowest BCUT2D eigenvalue weighted by Gasteiger charge is -2.08. The molecule has 0 aliphatic heterocycles. The lowest BCUT2D eigenvalue weighted by molar-refractivity contribution is -0.140. The Balaban J connectivity index is 2.13. The summed E-state index contributed by atoms with van der Waals surface area (Å²) in [4.78, 5) is 12.9. The van der Waals surface area contributed by atoms with Crippen molar-refractivity contribution in [3.8, 4) is 0 Å². The molecule has 1 atom stereocenters. The third-order valence-electron chi connectivity index (χ3n) is 3.05. The molecule has 0 fully saturated rings. The molecule has 1 N–H and O–H groups in total. The Labute approximate surface area is 134 Å². The van der Waals surface area contributed by atoms with E-state index in [0.29, 0.717) is 0 Å². The Morgan fingerprint density at radius 2 is 1.59 bits per heavy atom. The second-order valence-corrected chi connectivity index (χ2v) is 8.09. The summed E-state index contributed by atoms with van der Waals surface area (Å²) in [6.07, 6.45) is 0. The van der Waals surface area contributed by atoms with Gasteiger partial charge in [0.15, 0.2) is 9.84 Å². The summed E-state index contributed by atoms with van der Waals surface area (Å²) in [5.41, 5.74) is 0. The molecule has 0 aromatic heterocycles. The van der Waals surface area contributed by atoms with Gasteiger partial charge in [0.05, 0.1) is 16.6 Å². The van der Waals surface area contributed by atoms with Crippen LogP contribution in [-0.4, -0.2) is 25.2 Å². The van der Waals surface area contributed by atoms with E-state index in [-0.39, 0.29) is 4.90 Å². The standard InChI is InChI=1S/C16H16O4S2/c1-12(16(17)18)11-22(19,20)15-9-7-14(8-10-15)21-13-5-3-2-4-6-13/h2-10,12H,11H2,1H3,(H,17,18). The minimum absolute atomic E-state index is 0.151. The molecule has 0 saturated heterocycles. The van der Waals surface area contributed by atoms with Crippen LogP contribution in [0.2, 0.25) is 0 Å². The van der Waals surface area contributed by atoms with Crippen molar-refractivity contribution in [3.63, 3.8) is 0 Å². The molecule has 4 nitrogen and oxygen atoms in total. The summed E-state index contributed by atoms with van der Waals surface area (Å²) in [5, 5.41) is 8.83. The molecule has 0 aliphatic rings. The van der Waals surface area contributed by atoms with E-state index in [1.54, 1.807) is 12.1 Å². The van der Waals surface area contributed by atoms with E-state index in [0.717, 1.165) is 9.79 Å². The number of benzene rings is 2. The van der Waals surface area contributed by atoms with Crippen LogP contribution in [0, 0.1) is 5.92 Å². The van der Waals surface area contributed by atoms with Gasteiger partial charge in [-0.05, 0) is 36.4 Å². The van der Waals surface area contributed by atoms with Crippen LogP contribution >= 0.6 is 11.8 Å². The first kappa shape index (κ1) is 16.6. The number of carbonyl (C=O) groups is 1. The second-order valence-electron chi connectivity index (χ2n) is 4.91. The van der Waals surface area contributed by atoms with Crippen molar-refractivity contribution < 1.29 is 18.3 Å². The van der Waals surface area contributed by atoms with Crippen LogP contribution in [0.15, 0.2) is 69.3 Å². The SMILES string of the molecule is CC(CS(=O)(=O)c1ccc(Sc2ccccc2)cc1)C(=O)O. The molecule has 2 rings (SSSR count). The summed E-state index contributed by atoms with van der Waals surface area (Å²) in [6, 6.07) is 16.3. The van der Waals surface area contributed by atoms with E-state index in [2.05, 4.69) is 0 Å². The van der Waals surface area contributed by atoms with E-state index in [9.17, 15) is 13.2 Å². The van der Waals surface area contributed by atoms with E-state index in [1.807, 2.05) is 30.3 Å². The first-order chi connectivity index (χ1) is 10.4. The summed E-state index contributed by atoms with van der Waals surface area (Å²) in [6.45, 7) is 1.39. The highest BCUT2D eigenvalue weighted by Gasteiger charge is 2.22. The van der Waals surface area contributed by atoms with Gasteiger partial charge in [0.2, 0.25) is 0 Å². The molecule has 116 valence electrons. The monoisotopic (exact) mass is 336 g/mol. The number of sulfone groups is 1. The van der Waals surface area contributed by atoms with Crippen LogP contribution in [0.4, 0.5) is 0 Å². The third-order valence-corrected chi connectivity index (χ3v) is 6.00. The molecule has 0 aliphatic carbocycles. The molecule has 0 radical (unpaired) electrons. The molecule has 0 bridgehead atoms. The van der Waals surface area contributed by atoms with Gasteiger partial charge in [-0.1, -0.05) is 36.9 Å². The summed E-state index contributed by atoms with van der Waals surface area (Å²) >= 11 is 1.54. The van der Waals surface area contributed by atoms with E-state index in [1.165, 1.54) is 30.8 Å². The van der Waals surface area contributed by atoms with E-state index >= 15 is 0 Å². The Hall–Kier alpha value is -1.79. The molecule has 0 heterocycles. The molecule has 1 unspecified atom stereocenters. The van der Waals surface area contributed by atoms with Gasteiger partial charge in [0, 0.05) is 9.79 Å². The Kier molecular flexibility index (Phi) is 5.26. The van der Waals surface area contributed by atoms with Crippen molar-refractivity contribution in [1.82, 2.24) is 0 Å². The minimum atomic E-state index is -3.58. The molecular weight excluding hydrogens is 320 g/mol. The van der Waals surface area contributed by atoms with Gasteiger partial charge in [0.1, 0.15) is 0 Å². The van der Waals surface area contributed by atoms with Crippen LogP contribution < -0.4 is 0 Å². The normalized spacial score (nSPS) is 12.8. The van der Waals surface area contributed by atoms with Crippen molar-refractivity contribution in [2.45, 2.75) is 21.6 Å². The maximum absolute atomic E-state index is 12.1. The fourth-order valence-electron chi connectivity index (χ4n) is 1.84. The predicted octanol–water partition coefficient (Wildman–Crippen LogP) is 3.33. The average molecular weight is 336 g/mol. The fourth-order valence-corrected chi connectivity index (χ4v) is 4.22. The highest BCUT2D eigenvalue weighted by Crippen LogP contribution is 2.28. The number of carboxylic acid groups (broad SMARTS) is 1. The van der Waals surface area contributed by atoms with Gasteiger partial charge in [0.25, 0.3) is 0 Å². The molecule has 6 heteroatoms. The van der Waals surface area contributed by atoms with Crippen LogP contribution in [0.5, 0.6) is 0 Å². The van der Waals surface area contributed by atoms with Crippen LogP contribution in [0.3, 0.4) is 0 Å². The largest absolute Gasteiger partial charge is 0.481 e. The van der Waals surface area contributed by atoms with Crippen molar-refractivity contribution in [2.75, 3.05) is 5.75 Å².